The van der Waals surface area contributed by atoms with Gasteiger partial charge in [-0.3, -0.25) is 4.79 Å². The van der Waals surface area contributed by atoms with Crippen LogP contribution in [-0.4, -0.2) is 4.57 Å². The highest BCUT2D eigenvalue weighted by Gasteiger charge is 2.09. The monoisotopic (exact) mass is 211 g/mol. The second-order valence-corrected chi connectivity index (χ2v) is 3.62. The average Bonchev–Trinajstić information content (AvgIpc) is 2.33. The molecule has 0 N–H and O–H groups in total. The van der Waals surface area contributed by atoms with Crippen LogP contribution in [0.2, 0.25) is 0 Å². The normalized spacial score (nSPS) is 10.3. The predicted molar refractivity (Wildman–Crippen MR) is 69.4 cm³/mol. The second-order valence-electron chi connectivity index (χ2n) is 3.62. The Labute approximate surface area is 94.1 Å². The maximum Gasteiger partial charge on any atom is 0.258 e. The molecule has 0 bridgehead atoms. The molecule has 0 aliphatic rings. The van der Waals surface area contributed by atoms with Gasteiger partial charge < -0.3 is 4.57 Å². The first-order valence-corrected chi connectivity index (χ1v) is 5.07. The lowest BCUT2D eigenvalue weighted by Gasteiger charge is -2.10. The highest BCUT2D eigenvalue weighted by atomic mass is 16.1. The summed E-state index contributed by atoms with van der Waals surface area (Å²) in [6.45, 7) is 7.45. The van der Waals surface area contributed by atoms with Crippen molar-refractivity contribution < 1.29 is 0 Å². The minimum Gasteiger partial charge on any atom is -0.311 e. The van der Waals surface area contributed by atoms with Gasteiger partial charge in [-0.05, 0) is 11.6 Å². The average molecular weight is 211 g/mol. The number of rotatable bonds is 2. The predicted octanol–water partition coefficient (Wildman–Crippen LogP) is 2.82. The third-order valence-corrected chi connectivity index (χ3v) is 2.79. The lowest BCUT2D eigenvalue weighted by atomic mass is 10.0. The van der Waals surface area contributed by atoms with Crippen molar-refractivity contribution in [3.05, 3.63) is 58.9 Å². The first-order valence-electron chi connectivity index (χ1n) is 5.07. The number of aromatic nitrogens is 1. The molecule has 1 heterocycles. The standard InChI is InChI=1S/C14H13NO/c1-4-10-11(5-2)14(16)15(3)13-9-7-6-8-12(10)13/h4-9H,1-2H2,3H3. The molecule has 0 unspecified atom stereocenters. The van der Waals surface area contributed by atoms with Crippen molar-refractivity contribution in [1.29, 1.82) is 0 Å². The quantitative estimate of drug-likeness (QED) is 0.748. The van der Waals surface area contributed by atoms with Gasteiger partial charge in [0, 0.05) is 18.0 Å². The first-order chi connectivity index (χ1) is 7.70. The van der Waals surface area contributed by atoms with Crippen LogP contribution in [0.5, 0.6) is 0 Å². The molecule has 0 aliphatic heterocycles. The van der Waals surface area contributed by atoms with Crippen LogP contribution in [0, 0.1) is 0 Å². The number of aryl methyl sites for hydroxylation is 1. The number of hydrogen-bond acceptors (Lipinski definition) is 1. The van der Waals surface area contributed by atoms with Crippen molar-refractivity contribution in [1.82, 2.24) is 4.57 Å². The van der Waals surface area contributed by atoms with Crippen molar-refractivity contribution in [3.63, 3.8) is 0 Å². The Hall–Kier alpha value is -2.09. The number of fused-ring (bicyclic) bond motifs is 1. The van der Waals surface area contributed by atoms with Crippen LogP contribution in [0.3, 0.4) is 0 Å². The molecule has 0 fully saturated rings. The number of para-hydroxylation sites is 1. The van der Waals surface area contributed by atoms with Crippen LogP contribution < -0.4 is 5.56 Å². The van der Waals surface area contributed by atoms with E-state index in [9.17, 15) is 4.79 Å². The maximum absolute atomic E-state index is 12.0. The second kappa shape index (κ2) is 3.81. The highest BCUT2D eigenvalue weighted by molar-refractivity contribution is 5.91. The zero-order valence-electron chi connectivity index (χ0n) is 9.23. The largest absolute Gasteiger partial charge is 0.311 e. The minimum absolute atomic E-state index is 0.0383. The van der Waals surface area contributed by atoms with E-state index in [4.69, 9.17) is 0 Å². The van der Waals surface area contributed by atoms with Crippen LogP contribution in [0.1, 0.15) is 11.1 Å². The zero-order chi connectivity index (χ0) is 11.7. The van der Waals surface area contributed by atoms with E-state index in [-0.39, 0.29) is 5.56 Å². The van der Waals surface area contributed by atoms with Crippen LogP contribution in [0.15, 0.2) is 42.2 Å². The molecule has 0 atom stereocenters. The summed E-state index contributed by atoms with van der Waals surface area (Å²) in [5.74, 6) is 0. The molecule has 0 amide bonds. The van der Waals surface area contributed by atoms with Gasteiger partial charge in [0.1, 0.15) is 0 Å². The van der Waals surface area contributed by atoms with E-state index in [2.05, 4.69) is 13.2 Å². The molecule has 0 radical (unpaired) electrons. The molecule has 2 rings (SSSR count). The molecule has 16 heavy (non-hydrogen) atoms. The molecule has 0 saturated heterocycles. The van der Waals surface area contributed by atoms with Crippen LogP contribution in [-0.2, 0) is 7.05 Å². The minimum atomic E-state index is -0.0383. The third kappa shape index (κ3) is 1.31. The first kappa shape index (κ1) is 10.4. The Kier molecular flexibility index (Phi) is 2.49. The Balaban J connectivity index is 3.12. The van der Waals surface area contributed by atoms with Gasteiger partial charge in [0.15, 0.2) is 0 Å². The van der Waals surface area contributed by atoms with E-state index in [0.717, 1.165) is 16.5 Å². The van der Waals surface area contributed by atoms with Crippen LogP contribution >= 0.6 is 0 Å². The molecular formula is C14H13NO. The molecule has 2 nitrogen and oxygen atoms in total. The molecular weight excluding hydrogens is 198 g/mol. The molecule has 1 aromatic heterocycles. The lowest BCUT2D eigenvalue weighted by molar-refractivity contribution is 0.902. The van der Waals surface area contributed by atoms with Gasteiger partial charge >= 0.3 is 0 Å². The van der Waals surface area contributed by atoms with Crippen molar-refractivity contribution in [3.8, 4) is 0 Å². The molecule has 0 saturated carbocycles. The lowest BCUT2D eigenvalue weighted by Crippen LogP contribution is -2.20. The number of benzene rings is 1. The third-order valence-electron chi connectivity index (χ3n) is 2.79. The number of hydrogen-bond donors (Lipinski definition) is 0. The van der Waals surface area contributed by atoms with Gasteiger partial charge in [-0.15, -0.1) is 0 Å². The summed E-state index contributed by atoms with van der Waals surface area (Å²) >= 11 is 0. The molecule has 80 valence electrons. The molecule has 0 spiro atoms. The zero-order valence-corrected chi connectivity index (χ0v) is 9.23. The van der Waals surface area contributed by atoms with Crippen LogP contribution in [0.4, 0.5) is 0 Å². The van der Waals surface area contributed by atoms with E-state index in [1.54, 1.807) is 23.8 Å². The fraction of sp³-hybridized carbons (Fsp3) is 0.0714. The van der Waals surface area contributed by atoms with Gasteiger partial charge in [-0.25, -0.2) is 0 Å². The molecule has 2 aromatic rings. The summed E-state index contributed by atoms with van der Waals surface area (Å²) in [6, 6.07) is 7.78. The fourth-order valence-electron chi connectivity index (χ4n) is 1.96. The molecule has 2 heteroatoms. The Morgan fingerprint density at radius 1 is 1.12 bits per heavy atom. The summed E-state index contributed by atoms with van der Waals surface area (Å²) in [4.78, 5) is 12.0. The Morgan fingerprint density at radius 2 is 1.75 bits per heavy atom. The SMILES string of the molecule is C=Cc1c(C=C)c2ccccc2n(C)c1=O. The van der Waals surface area contributed by atoms with Crippen molar-refractivity contribution in [2.75, 3.05) is 0 Å². The van der Waals surface area contributed by atoms with E-state index in [0.29, 0.717) is 5.56 Å². The topological polar surface area (TPSA) is 22.0 Å². The smallest absolute Gasteiger partial charge is 0.258 e. The van der Waals surface area contributed by atoms with Gasteiger partial charge in [0.25, 0.3) is 5.56 Å². The summed E-state index contributed by atoms with van der Waals surface area (Å²) < 4.78 is 1.64. The fourth-order valence-corrected chi connectivity index (χ4v) is 1.96. The molecule has 1 aromatic carbocycles. The summed E-state index contributed by atoms with van der Waals surface area (Å²) in [5, 5.41) is 1.02. The van der Waals surface area contributed by atoms with Crippen LogP contribution in [0.25, 0.3) is 23.1 Å². The van der Waals surface area contributed by atoms with Crippen molar-refractivity contribution in [2.24, 2.45) is 7.05 Å². The van der Waals surface area contributed by atoms with Crippen molar-refractivity contribution in [2.45, 2.75) is 0 Å². The van der Waals surface area contributed by atoms with Gasteiger partial charge in [-0.1, -0.05) is 43.5 Å². The van der Waals surface area contributed by atoms with E-state index >= 15 is 0 Å². The summed E-state index contributed by atoms with van der Waals surface area (Å²) in [6.07, 6.45) is 3.30. The number of nitrogens with zero attached hydrogens (tertiary/aromatic N) is 1. The van der Waals surface area contributed by atoms with E-state index < -0.39 is 0 Å². The summed E-state index contributed by atoms with van der Waals surface area (Å²) in [7, 11) is 1.77. The Bertz CT molecular complexity index is 635. The van der Waals surface area contributed by atoms with Gasteiger partial charge in [0.05, 0.1) is 5.52 Å². The maximum atomic E-state index is 12.0. The summed E-state index contributed by atoms with van der Waals surface area (Å²) in [5.41, 5.74) is 2.33. The van der Waals surface area contributed by atoms with E-state index in [1.165, 1.54) is 0 Å². The van der Waals surface area contributed by atoms with E-state index in [1.807, 2.05) is 24.3 Å². The van der Waals surface area contributed by atoms with Gasteiger partial charge in [0.2, 0.25) is 0 Å². The Morgan fingerprint density at radius 3 is 2.38 bits per heavy atom. The molecule has 0 aliphatic carbocycles. The van der Waals surface area contributed by atoms with Crippen molar-refractivity contribution >= 4 is 23.1 Å². The van der Waals surface area contributed by atoms with Gasteiger partial charge in [-0.2, -0.15) is 0 Å². The highest BCUT2D eigenvalue weighted by Crippen LogP contribution is 2.20. The number of pyridine rings is 1.